The van der Waals surface area contributed by atoms with Gasteiger partial charge in [0.15, 0.2) is 5.96 Å². The molecule has 122 valence electrons. The lowest BCUT2D eigenvalue weighted by atomic mass is 9.95. The quantitative estimate of drug-likeness (QED) is 0.536. The molecular formula is C13H24ClF2N5. The van der Waals surface area contributed by atoms with Crippen molar-refractivity contribution in [1.82, 2.24) is 4.90 Å². The molecule has 2 fully saturated rings. The van der Waals surface area contributed by atoms with Crippen LogP contribution in [-0.4, -0.2) is 41.2 Å². The van der Waals surface area contributed by atoms with Crippen molar-refractivity contribution >= 4 is 24.2 Å². The normalized spacial score (nSPS) is 27.0. The third kappa shape index (κ3) is 4.69. The summed E-state index contributed by atoms with van der Waals surface area (Å²) in [5.74, 6) is -2.78. The number of halogens is 3. The highest BCUT2D eigenvalue weighted by Crippen LogP contribution is 2.32. The molecule has 0 bridgehead atoms. The summed E-state index contributed by atoms with van der Waals surface area (Å²) in [6.45, 7) is 0.0495. The molecule has 0 aromatic heterocycles. The lowest BCUT2D eigenvalue weighted by Crippen LogP contribution is -2.57. The molecule has 2 aliphatic rings. The van der Waals surface area contributed by atoms with Crippen LogP contribution in [0.25, 0.3) is 0 Å². The fourth-order valence-corrected chi connectivity index (χ4v) is 2.99. The van der Waals surface area contributed by atoms with Crippen molar-refractivity contribution in [3.63, 3.8) is 0 Å². The van der Waals surface area contributed by atoms with Gasteiger partial charge in [0.25, 0.3) is 5.92 Å². The fourth-order valence-electron chi connectivity index (χ4n) is 2.99. The molecule has 0 aromatic rings. The maximum atomic E-state index is 13.6. The van der Waals surface area contributed by atoms with Crippen LogP contribution in [0.5, 0.6) is 0 Å². The summed E-state index contributed by atoms with van der Waals surface area (Å²) >= 11 is 0. The van der Waals surface area contributed by atoms with Gasteiger partial charge in [0, 0.05) is 19.4 Å². The van der Waals surface area contributed by atoms with Gasteiger partial charge in [-0.05, 0) is 12.8 Å². The van der Waals surface area contributed by atoms with E-state index in [1.165, 1.54) is 11.3 Å². The second-order valence-electron chi connectivity index (χ2n) is 5.75. The summed E-state index contributed by atoms with van der Waals surface area (Å²) in [6, 6.07) is -0.619. The first-order valence-corrected chi connectivity index (χ1v) is 7.21. The number of rotatable bonds is 2. The van der Waals surface area contributed by atoms with Crippen LogP contribution >= 0.6 is 12.4 Å². The standard InChI is InChI=1S/C13H23F2N5.ClH/c14-13(15)6-7-20(12(17)18)10(8-13)11(16)19-9-4-2-1-3-5-9;/h9-10H,1-8H2,(H2,16,19)(H3,17,18);1H. The number of hydrogen-bond acceptors (Lipinski definition) is 2. The van der Waals surface area contributed by atoms with Crippen LogP contribution < -0.4 is 11.5 Å². The monoisotopic (exact) mass is 323 g/mol. The summed E-state index contributed by atoms with van der Waals surface area (Å²) in [6.07, 6.45) is 4.65. The van der Waals surface area contributed by atoms with Gasteiger partial charge in [-0.3, -0.25) is 10.4 Å². The van der Waals surface area contributed by atoms with E-state index in [1.54, 1.807) is 0 Å². The third-order valence-electron chi connectivity index (χ3n) is 4.14. The van der Waals surface area contributed by atoms with Gasteiger partial charge in [0.2, 0.25) is 0 Å². The second-order valence-corrected chi connectivity index (χ2v) is 5.75. The van der Waals surface area contributed by atoms with E-state index in [2.05, 4.69) is 4.99 Å². The van der Waals surface area contributed by atoms with E-state index in [0.29, 0.717) is 0 Å². The van der Waals surface area contributed by atoms with E-state index >= 15 is 0 Å². The number of amidine groups is 1. The van der Waals surface area contributed by atoms with Crippen molar-refractivity contribution in [2.24, 2.45) is 16.5 Å². The van der Waals surface area contributed by atoms with Gasteiger partial charge in [-0.2, -0.15) is 0 Å². The molecule has 0 spiro atoms. The number of alkyl halides is 2. The zero-order chi connectivity index (χ0) is 14.8. The minimum atomic E-state index is -2.76. The zero-order valence-electron chi connectivity index (χ0n) is 12.0. The lowest BCUT2D eigenvalue weighted by molar-refractivity contribution is -0.0527. The van der Waals surface area contributed by atoms with Gasteiger partial charge >= 0.3 is 0 Å². The molecule has 1 aliphatic heterocycles. The largest absolute Gasteiger partial charge is 0.386 e. The molecule has 5 N–H and O–H groups in total. The molecule has 1 unspecified atom stereocenters. The SMILES string of the molecule is Cl.N=C(N)N1CCC(F)(F)CC1C(N)=NC1CCCCC1. The molecular weight excluding hydrogens is 300 g/mol. The Morgan fingerprint density at radius 3 is 2.38 bits per heavy atom. The van der Waals surface area contributed by atoms with Gasteiger partial charge in [-0.1, -0.05) is 19.3 Å². The number of likely N-dealkylation sites (tertiary alicyclic amines) is 1. The highest BCUT2D eigenvalue weighted by molar-refractivity contribution is 5.90. The maximum absolute atomic E-state index is 13.6. The molecule has 1 saturated carbocycles. The van der Waals surface area contributed by atoms with Crippen LogP contribution in [-0.2, 0) is 0 Å². The van der Waals surface area contributed by atoms with Gasteiger partial charge in [-0.15, -0.1) is 12.4 Å². The first-order valence-electron chi connectivity index (χ1n) is 7.21. The van der Waals surface area contributed by atoms with E-state index in [0.717, 1.165) is 25.7 Å². The summed E-state index contributed by atoms with van der Waals surface area (Å²) in [4.78, 5) is 5.85. The number of nitrogens with two attached hydrogens (primary N) is 2. The van der Waals surface area contributed by atoms with Crippen LogP contribution in [0.4, 0.5) is 8.78 Å². The number of guanidine groups is 1. The Kier molecular flexibility index (Phi) is 6.19. The van der Waals surface area contributed by atoms with Crippen LogP contribution in [0.3, 0.4) is 0 Å². The second kappa shape index (κ2) is 7.24. The van der Waals surface area contributed by atoms with Crippen LogP contribution in [0.2, 0.25) is 0 Å². The minimum Gasteiger partial charge on any atom is -0.386 e. The van der Waals surface area contributed by atoms with E-state index in [1.807, 2.05) is 0 Å². The number of nitrogens with zero attached hydrogens (tertiary/aromatic N) is 2. The molecule has 0 amide bonds. The summed E-state index contributed by atoms with van der Waals surface area (Å²) < 4.78 is 27.2. The predicted molar refractivity (Wildman–Crippen MR) is 82.3 cm³/mol. The Balaban J connectivity index is 0.00000220. The zero-order valence-corrected chi connectivity index (χ0v) is 12.8. The van der Waals surface area contributed by atoms with Gasteiger partial charge in [0.1, 0.15) is 5.84 Å². The highest BCUT2D eigenvalue weighted by atomic mass is 35.5. The Bertz CT molecular complexity index is 396. The number of hydrogen-bond donors (Lipinski definition) is 3. The van der Waals surface area contributed by atoms with Crippen LogP contribution in [0.1, 0.15) is 44.9 Å². The Hall–Kier alpha value is -1.11. The van der Waals surface area contributed by atoms with Crippen molar-refractivity contribution < 1.29 is 8.78 Å². The molecule has 8 heteroatoms. The molecule has 1 atom stereocenters. The van der Waals surface area contributed by atoms with E-state index in [9.17, 15) is 8.78 Å². The third-order valence-corrected chi connectivity index (χ3v) is 4.14. The molecule has 5 nitrogen and oxygen atoms in total. The minimum absolute atomic E-state index is 0. The van der Waals surface area contributed by atoms with Gasteiger partial charge in [0.05, 0.1) is 12.1 Å². The number of aliphatic imine (C=N–C) groups is 1. The molecule has 1 aliphatic carbocycles. The van der Waals surface area contributed by atoms with Gasteiger partial charge < -0.3 is 16.4 Å². The molecule has 1 heterocycles. The first-order chi connectivity index (χ1) is 9.39. The lowest BCUT2D eigenvalue weighted by Gasteiger charge is -2.39. The summed E-state index contributed by atoms with van der Waals surface area (Å²) in [5.41, 5.74) is 11.4. The van der Waals surface area contributed by atoms with E-state index in [4.69, 9.17) is 16.9 Å². The first kappa shape index (κ1) is 17.9. The van der Waals surface area contributed by atoms with Crippen molar-refractivity contribution in [1.29, 1.82) is 5.41 Å². The molecule has 0 aromatic carbocycles. The van der Waals surface area contributed by atoms with Crippen LogP contribution in [0.15, 0.2) is 4.99 Å². The van der Waals surface area contributed by atoms with Gasteiger partial charge in [-0.25, -0.2) is 8.78 Å². The molecule has 21 heavy (non-hydrogen) atoms. The molecule has 0 radical (unpaired) electrons. The van der Waals surface area contributed by atoms with Crippen molar-refractivity contribution in [3.05, 3.63) is 0 Å². The topological polar surface area (TPSA) is 91.5 Å². The van der Waals surface area contributed by atoms with E-state index in [-0.39, 0.29) is 43.2 Å². The summed E-state index contributed by atoms with van der Waals surface area (Å²) in [5, 5.41) is 7.51. The molecule has 2 rings (SSSR count). The Labute approximate surface area is 130 Å². The fraction of sp³-hybridized carbons (Fsp3) is 0.846. The highest BCUT2D eigenvalue weighted by Gasteiger charge is 2.42. The predicted octanol–water partition coefficient (Wildman–Crippen LogP) is 2.09. The number of nitrogens with one attached hydrogen (secondary N) is 1. The maximum Gasteiger partial charge on any atom is 0.252 e. The van der Waals surface area contributed by atoms with Crippen LogP contribution in [0, 0.1) is 5.41 Å². The van der Waals surface area contributed by atoms with E-state index < -0.39 is 18.4 Å². The van der Waals surface area contributed by atoms with Crippen molar-refractivity contribution in [2.45, 2.75) is 63.0 Å². The van der Waals surface area contributed by atoms with Crippen molar-refractivity contribution in [2.75, 3.05) is 6.54 Å². The molecule has 1 saturated heterocycles. The summed E-state index contributed by atoms with van der Waals surface area (Å²) in [7, 11) is 0. The number of piperidine rings is 1. The Morgan fingerprint density at radius 1 is 1.19 bits per heavy atom. The average Bonchev–Trinajstić information content (AvgIpc) is 2.38. The Morgan fingerprint density at radius 2 is 1.81 bits per heavy atom. The van der Waals surface area contributed by atoms with Crippen molar-refractivity contribution in [3.8, 4) is 0 Å². The average molecular weight is 324 g/mol. The smallest absolute Gasteiger partial charge is 0.252 e.